The molecule has 4 aromatic rings. The Bertz CT molecular complexity index is 2330. The number of fused-ring (bicyclic) bond motifs is 2. The molecule has 0 bridgehead atoms. The molecule has 1 aliphatic heterocycles. The number of benzene rings is 4. The van der Waals surface area contributed by atoms with Crippen molar-refractivity contribution in [1.29, 1.82) is 0 Å². The summed E-state index contributed by atoms with van der Waals surface area (Å²) in [5.74, 6) is -5.14. The quantitative estimate of drug-likeness (QED) is 0.104. The lowest BCUT2D eigenvalue weighted by atomic mass is 9.94. The minimum Gasteiger partial charge on any atom is -0.463 e. The summed E-state index contributed by atoms with van der Waals surface area (Å²) in [4.78, 5) is 86.9. The van der Waals surface area contributed by atoms with Gasteiger partial charge in [-0.1, -0.05) is 24.3 Å². The first-order valence-electron chi connectivity index (χ1n) is 18.0. The van der Waals surface area contributed by atoms with E-state index in [-0.39, 0.29) is 39.5 Å². The van der Waals surface area contributed by atoms with Gasteiger partial charge >= 0.3 is 41.8 Å². The lowest BCUT2D eigenvalue weighted by Gasteiger charge is -2.44. The number of hydrogen-bond acceptors (Lipinski definition) is 16. The van der Waals surface area contributed by atoms with Crippen molar-refractivity contribution in [2.75, 3.05) is 6.61 Å². The van der Waals surface area contributed by atoms with E-state index in [1.807, 2.05) is 13.0 Å². The Morgan fingerprint density at radius 3 is 1.43 bits per heavy atom. The lowest BCUT2D eigenvalue weighted by molar-refractivity contribution is -0.288. The molecule has 5 atom stereocenters. The highest BCUT2D eigenvalue weighted by atomic mass is 16.7. The second kappa shape index (κ2) is 17.7. The summed E-state index contributed by atoms with van der Waals surface area (Å²) in [6.07, 6.45) is -7.48. The van der Waals surface area contributed by atoms with Crippen molar-refractivity contribution in [2.24, 2.45) is 0 Å². The normalized spacial score (nSPS) is 18.7. The summed E-state index contributed by atoms with van der Waals surface area (Å²) in [5, 5.41) is 1.56. The van der Waals surface area contributed by atoms with E-state index in [0.717, 1.165) is 33.3 Å². The standard InChI is InChI=1S/C42H42O16/c1-19-14-28-10-12-30(37(52-23(5)45)35(28)32(16-19)51-22(4)44)31-13-11-29-15-20(2)17-33(36(29)38(31)53-24(6)46)57-42-41(56-27(9)49)40(55-26(8)48)39(54-25(7)47)34(58-42)18-50-21(3)43/h10-17,34,39-42H,18H2,1-9H3/t34-,39-,40+,41-,42-/m1/s1. The van der Waals surface area contributed by atoms with Gasteiger partial charge in [0.05, 0.1) is 10.8 Å². The van der Waals surface area contributed by atoms with Crippen molar-refractivity contribution in [2.45, 2.75) is 93.0 Å². The SMILES string of the molecule is CC(=O)OC[C@H]1O[C@@H](Oc2cc(C)cc3ccc(-c4ccc5cc(C)cc(OC(C)=O)c5c4OC(C)=O)c(OC(C)=O)c23)[C@H](OC(C)=O)[C@@H](OC(C)=O)[C@@H]1OC(C)=O. The van der Waals surface area contributed by atoms with Gasteiger partial charge in [-0.2, -0.15) is 0 Å². The Hall–Kier alpha value is -6.55. The molecule has 0 amide bonds. The number of esters is 7. The largest absolute Gasteiger partial charge is 0.463 e. The molecule has 0 unspecified atom stereocenters. The Balaban J connectivity index is 1.79. The fourth-order valence-corrected chi connectivity index (χ4v) is 6.74. The summed E-state index contributed by atoms with van der Waals surface area (Å²) >= 11 is 0. The van der Waals surface area contributed by atoms with Crippen molar-refractivity contribution in [3.8, 4) is 34.1 Å². The molecule has 0 aromatic heterocycles. The predicted octanol–water partition coefficient (Wildman–Crippen LogP) is 5.51. The molecule has 1 saturated heterocycles. The zero-order valence-electron chi connectivity index (χ0n) is 33.2. The average molecular weight is 803 g/mol. The van der Waals surface area contributed by atoms with Gasteiger partial charge in [-0.3, -0.25) is 33.6 Å². The van der Waals surface area contributed by atoms with Crippen LogP contribution in [0, 0.1) is 13.8 Å². The van der Waals surface area contributed by atoms with Crippen molar-refractivity contribution in [3.05, 3.63) is 59.7 Å². The number of carbonyl (C=O) groups is 7. The molecule has 0 spiro atoms. The van der Waals surface area contributed by atoms with Crippen LogP contribution in [0.4, 0.5) is 0 Å². The molecule has 0 saturated carbocycles. The zero-order valence-corrected chi connectivity index (χ0v) is 33.2. The summed E-state index contributed by atoms with van der Waals surface area (Å²) < 4.78 is 51.9. The molecule has 58 heavy (non-hydrogen) atoms. The topological polar surface area (TPSA) is 203 Å². The maximum Gasteiger partial charge on any atom is 0.308 e. The van der Waals surface area contributed by atoms with E-state index in [2.05, 4.69) is 0 Å². The van der Waals surface area contributed by atoms with Crippen LogP contribution >= 0.6 is 0 Å². The molecule has 16 nitrogen and oxygen atoms in total. The molecule has 0 N–H and O–H groups in total. The molecular weight excluding hydrogens is 760 g/mol. The van der Waals surface area contributed by atoms with Crippen molar-refractivity contribution < 1.29 is 76.2 Å². The van der Waals surface area contributed by atoms with E-state index in [1.54, 1.807) is 49.4 Å². The third kappa shape index (κ3) is 9.87. The van der Waals surface area contributed by atoms with E-state index in [4.69, 9.17) is 42.6 Å². The van der Waals surface area contributed by atoms with E-state index < -0.39 is 79.1 Å². The second-order valence-corrected chi connectivity index (χ2v) is 13.6. The van der Waals surface area contributed by atoms with Crippen LogP contribution in [0.25, 0.3) is 32.7 Å². The zero-order chi connectivity index (χ0) is 42.6. The molecule has 5 rings (SSSR count). The minimum atomic E-state index is -1.63. The highest BCUT2D eigenvalue weighted by Crippen LogP contribution is 2.49. The van der Waals surface area contributed by atoms with Gasteiger partial charge in [-0.25, -0.2) is 0 Å². The van der Waals surface area contributed by atoms with E-state index in [0.29, 0.717) is 21.7 Å². The first-order valence-corrected chi connectivity index (χ1v) is 18.0. The van der Waals surface area contributed by atoms with Crippen molar-refractivity contribution in [1.82, 2.24) is 0 Å². The molecule has 1 heterocycles. The van der Waals surface area contributed by atoms with Crippen LogP contribution < -0.4 is 18.9 Å². The van der Waals surface area contributed by atoms with E-state index in [1.165, 1.54) is 20.8 Å². The Kier molecular flexibility index (Phi) is 13.0. The molecular formula is C42H42O16. The van der Waals surface area contributed by atoms with E-state index in [9.17, 15) is 33.6 Å². The molecule has 4 aromatic carbocycles. The third-order valence-electron chi connectivity index (χ3n) is 8.58. The van der Waals surface area contributed by atoms with Crippen LogP contribution in [0.5, 0.6) is 23.0 Å². The lowest BCUT2D eigenvalue weighted by Crippen LogP contribution is -2.63. The number of rotatable bonds is 11. The van der Waals surface area contributed by atoms with Gasteiger partial charge < -0.3 is 42.6 Å². The fourth-order valence-electron chi connectivity index (χ4n) is 6.74. The Labute approximate surface area is 332 Å². The number of aryl methyl sites for hydroxylation is 2. The summed E-state index contributed by atoms with van der Waals surface area (Å²) in [7, 11) is 0. The van der Waals surface area contributed by atoms with Gasteiger partial charge in [0.15, 0.2) is 12.2 Å². The summed E-state index contributed by atoms with van der Waals surface area (Å²) in [5.41, 5.74) is 1.92. The van der Waals surface area contributed by atoms with Crippen molar-refractivity contribution >= 4 is 63.3 Å². The smallest absolute Gasteiger partial charge is 0.308 e. The Morgan fingerprint density at radius 2 is 0.966 bits per heavy atom. The van der Waals surface area contributed by atoms with Gasteiger partial charge in [0.25, 0.3) is 0 Å². The van der Waals surface area contributed by atoms with Gasteiger partial charge in [0.2, 0.25) is 12.4 Å². The molecule has 1 fully saturated rings. The monoisotopic (exact) mass is 802 g/mol. The maximum atomic E-state index is 12.9. The van der Waals surface area contributed by atoms with Crippen molar-refractivity contribution in [3.63, 3.8) is 0 Å². The van der Waals surface area contributed by atoms with Crippen LogP contribution in [0.3, 0.4) is 0 Å². The highest BCUT2D eigenvalue weighted by Gasteiger charge is 2.53. The van der Waals surface area contributed by atoms with Gasteiger partial charge in [0, 0.05) is 59.6 Å². The number of carbonyl (C=O) groups excluding carboxylic acids is 7. The first-order chi connectivity index (χ1) is 27.3. The fraction of sp³-hybridized carbons (Fsp3) is 0.357. The summed E-state index contributed by atoms with van der Waals surface area (Å²) in [6, 6.07) is 13.5. The molecule has 0 aliphatic carbocycles. The third-order valence-corrected chi connectivity index (χ3v) is 8.58. The van der Waals surface area contributed by atoms with Crippen LogP contribution in [0.2, 0.25) is 0 Å². The van der Waals surface area contributed by atoms with Crippen LogP contribution in [0.1, 0.15) is 59.6 Å². The van der Waals surface area contributed by atoms with Gasteiger partial charge in [0.1, 0.15) is 35.7 Å². The highest BCUT2D eigenvalue weighted by molar-refractivity contribution is 6.06. The van der Waals surface area contributed by atoms with Gasteiger partial charge in [-0.15, -0.1) is 0 Å². The summed E-state index contributed by atoms with van der Waals surface area (Å²) in [6.45, 7) is 11.1. The second-order valence-electron chi connectivity index (χ2n) is 13.6. The average Bonchev–Trinajstić information content (AvgIpc) is 3.08. The van der Waals surface area contributed by atoms with Crippen LogP contribution in [0.15, 0.2) is 48.5 Å². The predicted molar refractivity (Wildman–Crippen MR) is 203 cm³/mol. The molecule has 306 valence electrons. The first kappa shape index (κ1) is 42.6. The van der Waals surface area contributed by atoms with E-state index >= 15 is 0 Å². The molecule has 0 radical (unpaired) electrons. The van der Waals surface area contributed by atoms with Crippen LogP contribution in [-0.4, -0.2) is 79.1 Å². The molecule has 16 heteroatoms. The molecule has 1 aliphatic rings. The van der Waals surface area contributed by atoms with Gasteiger partial charge in [-0.05, 0) is 60.0 Å². The number of hydrogen-bond donors (Lipinski definition) is 0. The maximum absolute atomic E-state index is 12.9. The van der Waals surface area contributed by atoms with Crippen LogP contribution in [-0.2, 0) is 57.2 Å². The minimum absolute atomic E-state index is 0.00293. The Morgan fingerprint density at radius 1 is 0.517 bits per heavy atom. The number of ether oxygens (including phenoxy) is 9.